The quantitative estimate of drug-likeness (QED) is 0.723. The number of hydrogen-bond donors (Lipinski definition) is 2. The van der Waals surface area contributed by atoms with Crippen LogP contribution < -0.4 is 15.4 Å². The molecule has 1 aliphatic rings. The summed E-state index contributed by atoms with van der Waals surface area (Å²) < 4.78 is 6.39. The number of anilines is 1. The molecule has 2 amide bonds. The summed E-state index contributed by atoms with van der Waals surface area (Å²) in [6.07, 6.45) is 1.70. The highest BCUT2D eigenvalue weighted by Gasteiger charge is 2.51. The van der Waals surface area contributed by atoms with Crippen molar-refractivity contribution in [3.8, 4) is 5.75 Å². The molecule has 0 atom stereocenters. The lowest BCUT2D eigenvalue weighted by Gasteiger charge is -2.16. The fourth-order valence-corrected chi connectivity index (χ4v) is 3.24. The van der Waals surface area contributed by atoms with Crippen molar-refractivity contribution in [1.29, 1.82) is 0 Å². The van der Waals surface area contributed by atoms with Gasteiger partial charge in [0.15, 0.2) is 6.61 Å². The second kappa shape index (κ2) is 7.91. The van der Waals surface area contributed by atoms with E-state index in [1.165, 1.54) is 0 Å². The molecule has 1 fully saturated rings. The van der Waals surface area contributed by atoms with Crippen LogP contribution in [0.25, 0.3) is 0 Å². The van der Waals surface area contributed by atoms with Gasteiger partial charge in [0.2, 0.25) is 5.91 Å². The molecular formula is C20H21BrN2O3. The molecule has 136 valence electrons. The van der Waals surface area contributed by atoms with E-state index in [1.807, 2.05) is 31.2 Å². The fourth-order valence-electron chi connectivity index (χ4n) is 2.84. The van der Waals surface area contributed by atoms with Crippen LogP contribution in [0.1, 0.15) is 25.3 Å². The minimum atomic E-state index is -0.433. The molecule has 6 heteroatoms. The SMILES string of the molecule is CCNC(=O)COc1ccc(NC(=O)C2(c3cccc(Br)c3)CC2)cc1. The summed E-state index contributed by atoms with van der Waals surface area (Å²) >= 11 is 3.47. The highest BCUT2D eigenvalue weighted by atomic mass is 79.9. The summed E-state index contributed by atoms with van der Waals surface area (Å²) in [6, 6.07) is 15.0. The zero-order chi connectivity index (χ0) is 18.6. The van der Waals surface area contributed by atoms with Crippen LogP contribution in [-0.2, 0) is 15.0 Å². The van der Waals surface area contributed by atoms with E-state index in [-0.39, 0.29) is 18.4 Å². The van der Waals surface area contributed by atoms with E-state index in [9.17, 15) is 9.59 Å². The summed E-state index contributed by atoms with van der Waals surface area (Å²) in [5, 5.41) is 5.66. The second-order valence-corrected chi connectivity index (χ2v) is 7.23. The molecule has 0 spiro atoms. The van der Waals surface area contributed by atoms with Crippen molar-refractivity contribution in [2.24, 2.45) is 0 Å². The summed E-state index contributed by atoms with van der Waals surface area (Å²) in [4.78, 5) is 24.2. The van der Waals surface area contributed by atoms with Gasteiger partial charge in [-0.3, -0.25) is 9.59 Å². The Morgan fingerprint density at radius 2 is 1.88 bits per heavy atom. The van der Waals surface area contributed by atoms with Gasteiger partial charge in [-0.25, -0.2) is 0 Å². The van der Waals surface area contributed by atoms with Gasteiger partial charge in [0.25, 0.3) is 5.91 Å². The minimum Gasteiger partial charge on any atom is -0.484 e. The number of benzene rings is 2. The molecule has 0 aliphatic heterocycles. The molecule has 26 heavy (non-hydrogen) atoms. The molecule has 0 aromatic heterocycles. The Hall–Kier alpha value is -2.34. The molecule has 2 aromatic carbocycles. The van der Waals surface area contributed by atoms with Crippen LogP contribution >= 0.6 is 15.9 Å². The fraction of sp³-hybridized carbons (Fsp3) is 0.300. The second-order valence-electron chi connectivity index (χ2n) is 6.31. The van der Waals surface area contributed by atoms with Crippen LogP contribution in [0.3, 0.4) is 0 Å². The zero-order valence-corrected chi connectivity index (χ0v) is 16.1. The maximum Gasteiger partial charge on any atom is 0.257 e. The van der Waals surface area contributed by atoms with Crippen LogP contribution in [0, 0.1) is 0 Å². The lowest BCUT2D eigenvalue weighted by molar-refractivity contribution is -0.123. The Morgan fingerprint density at radius 3 is 2.50 bits per heavy atom. The number of ether oxygens (including phenoxy) is 1. The van der Waals surface area contributed by atoms with Gasteiger partial charge in [-0.15, -0.1) is 0 Å². The van der Waals surface area contributed by atoms with Gasteiger partial charge >= 0.3 is 0 Å². The summed E-state index contributed by atoms with van der Waals surface area (Å²) in [6.45, 7) is 2.41. The van der Waals surface area contributed by atoms with E-state index >= 15 is 0 Å². The van der Waals surface area contributed by atoms with Crippen molar-refractivity contribution in [2.45, 2.75) is 25.2 Å². The topological polar surface area (TPSA) is 67.4 Å². The number of hydrogen-bond acceptors (Lipinski definition) is 3. The highest BCUT2D eigenvalue weighted by molar-refractivity contribution is 9.10. The number of rotatable bonds is 7. The maximum atomic E-state index is 12.8. The van der Waals surface area contributed by atoms with Gasteiger partial charge in [-0.05, 0) is 61.7 Å². The molecule has 0 radical (unpaired) electrons. The van der Waals surface area contributed by atoms with Crippen molar-refractivity contribution in [3.05, 3.63) is 58.6 Å². The third-order valence-electron chi connectivity index (χ3n) is 4.42. The molecule has 5 nitrogen and oxygen atoms in total. The molecule has 2 N–H and O–H groups in total. The number of nitrogens with one attached hydrogen (secondary N) is 2. The van der Waals surface area contributed by atoms with Crippen molar-refractivity contribution < 1.29 is 14.3 Å². The Bertz CT molecular complexity index is 801. The van der Waals surface area contributed by atoms with Crippen LogP contribution in [0.2, 0.25) is 0 Å². The standard InChI is InChI=1S/C20H21BrN2O3/c1-2-22-18(24)13-26-17-8-6-16(7-9-17)23-19(25)20(10-11-20)14-4-3-5-15(21)12-14/h3-9,12H,2,10-11,13H2,1H3,(H,22,24)(H,23,25). The normalized spacial score (nSPS) is 14.4. The molecule has 0 bridgehead atoms. The predicted octanol–water partition coefficient (Wildman–Crippen LogP) is 3.63. The van der Waals surface area contributed by atoms with Crippen molar-refractivity contribution in [2.75, 3.05) is 18.5 Å². The molecule has 0 heterocycles. The first-order valence-electron chi connectivity index (χ1n) is 8.60. The molecule has 3 rings (SSSR count). The first-order valence-corrected chi connectivity index (χ1v) is 9.40. The Morgan fingerprint density at radius 1 is 1.15 bits per heavy atom. The largest absolute Gasteiger partial charge is 0.484 e. The Labute approximate surface area is 161 Å². The van der Waals surface area contributed by atoms with Crippen LogP contribution in [-0.4, -0.2) is 25.0 Å². The van der Waals surface area contributed by atoms with Gasteiger partial charge < -0.3 is 15.4 Å². The number of halogens is 1. The first-order chi connectivity index (χ1) is 12.5. The van der Waals surface area contributed by atoms with E-state index in [2.05, 4.69) is 26.6 Å². The third-order valence-corrected chi connectivity index (χ3v) is 4.91. The maximum absolute atomic E-state index is 12.8. The molecular weight excluding hydrogens is 396 g/mol. The van der Waals surface area contributed by atoms with E-state index in [0.29, 0.717) is 18.0 Å². The van der Waals surface area contributed by atoms with Crippen molar-refractivity contribution >= 4 is 33.4 Å². The highest BCUT2D eigenvalue weighted by Crippen LogP contribution is 2.49. The summed E-state index contributed by atoms with van der Waals surface area (Å²) in [5.74, 6) is 0.434. The predicted molar refractivity (Wildman–Crippen MR) is 104 cm³/mol. The number of carbonyl (C=O) groups excluding carboxylic acids is 2. The monoisotopic (exact) mass is 416 g/mol. The van der Waals surface area contributed by atoms with E-state index in [4.69, 9.17) is 4.74 Å². The number of carbonyl (C=O) groups is 2. The molecule has 1 saturated carbocycles. The molecule has 0 unspecified atom stereocenters. The van der Waals surface area contributed by atoms with Crippen LogP contribution in [0.5, 0.6) is 5.75 Å². The van der Waals surface area contributed by atoms with Crippen LogP contribution in [0.15, 0.2) is 53.0 Å². The van der Waals surface area contributed by atoms with E-state index in [0.717, 1.165) is 22.9 Å². The average molecular weight is 417 g/mol. The summed E-state index contributed by atoms with van der Waals surface area (Å²) in [7, 11) is 0. The smallest absolute Gasteiger partial charge is 0.257 e. The van der Waals surface area contributed by atoms with E-state index in [1.54, 1.807) is 24.3 Å². The third kappa shape index (κ3) is 4.25. The van der Waals surface area contributed by atoms with Crippen LogP contribution in [0.4, 0.5) is 5.69 Å². The lowest BCUT2D eigenvalue weighted by Crippen LogP contribution is -2.28. The van der Waals surface area contributed by atoms with Gasteiger partial charge in [-0.1, -0.05) is 28.1 Å². The van der Waals surface area contributed by atoms with Gasteiger partial charge in [0.1, 0.15) is 5.75 Å². The minimum absolute atomic E-state index is 0.00610. The number of amides is 2. The van der Waals surface area contributed by atoms with Gasteiger partial charge in [-0.2, -0.15) is 0 Å². The van der Waals surface area contributed by atoms with Gasteiger partial charge in [0, 0.05) is 16.7 Å². The Kier molecular flexibility index (Phi) is 5.61. The Balaban J connectivity index is 1.60. The van der Waals surface area contributed by atoms with Crippen molar-refractivity contribution in [3.63, 3.8) is 0 Å². The number of likely N-dealkylation sites (N-methyl/N-ethyl adjacent to an activating group) is 1. The first kappa shape index (κ1) is 18.5. The van der Waals surface area contributed by atoms with E-state index < -0.39 is 5.41 Å². The summed E-state index contributed by atoms with van der Waals surface area (Å²) in [5.41, 5.74) is 1.31. The zero-order valence-electron chi connectivity index (χ0n) is 14.5. The van der Waals surface area contributed by atoms with Crippen molar-refractivity contribution in [1.82, 2.24) is 5.32 Å². The molecule has 1 aliphatic carbocycles. The average Bonchev–Trinajstić information content (AvgIpc) is 3.43. The molecule has 2 aromatic rings. The lowest BCUT2D eigenvalue weighted by atomic mass is 9.95. The van der Waals surface area contributed by atoms with Gasteiger partial charge in [0.05, 0.1) is 5.41 Å². The molecule has 0 saturated heterocycles.